The number of carbonyl (C=O) groups is 2. The fourth-order valence-electron chi connectivity index (χ4n) is 2.86. The third-order valence-electron chi connectivity index (χ3n) is 4.29. The molecule has 31 heavy (non-hydrogen) atoms. The fourth-order valence-corrected chi connectivity index (χ4v) is 4.00. The minimum absolute atomic E-state index is 0.153. The highest BCUT2D eigenvalue weighted by molar-refractivity contribution is 7.90. The molecule has 0 saturated carbocycles. The van der Waals surface area contributed by atoms with Crippen molar-refractivity contribution in [3.05, 3.63) is 59.8 Å². The van der Waals surface area contributed by atoms with Gasteiger partial charge in [0.05, 0.1) is 22.7 Å². The molecule has 0 aliphatic carbocycles. The zero-order chi connectivity index (χ0) is 22.0. The number of amidine groups is 1. The topological polar surface area (TPSA) is 136 Å². The van der Waals surface area contributed by atoms with Gasteiger partial charge in [-0.1, -0.05) is 11.6 Å². The number of halogens is 1. The number of aromatic nitrogens is 3. The van der Waals surface area contributed by atoms with Crippen molar-refractivity contribution in [2.24, 2.45) is 4.40 Å². The largest absolute Gasteiger partial charge is 0.452 e. The quantitative estimate of drug-likeness (QED) is 0.647. The van der Waals surface area contributed by atoms with Gasteiger partial charge in [-0.15, -0.1) is 4.40 Å². The lowest BCUT2D eigenvalue weighted by atomic mass is 10.2. The Morgan fingerprint density at radius 2 is 2.10 bits per heavy atom. The Morgan fingerprint density at radius 1 is 1.26 bits per heavy atom. The number of benzene rings is 1. The number of hydrogen-bond acceptors (Lipinski definition) is 8. The van der Waals surface area contributed by atoms with Gasteiger partial charge in [-0.05, 0) is 30.4 Å². The molecule has 160 valence electrons. The molecule has 1 N–H and O–H groups in total. The van der Waals surface area contributed by atoms with E-state index in [4.69, 9.17) is 16.3 Å². The summed E-state index contributed by atoms with van der Waals surface area (Å²) in [5.74, 6) is -1.24. The monoisotopic (exact) mass is 462 g/mol. The molecule has 2 aliphatic rings. The summed E-state index contributed by atoms with van der Waals surface area (Å²) in [6, 6.07) is 4.84. The molecule has 0 atom stereocenters. The highest BCUT2D eigenvalue weighted by Gasteiger charge is 2.25. The molecule has 1 amide bonds. The summed E-state index contributed by atoms with van der Waals surface area (Å²) < 4.78 is 33.3. The van der Waals surface area contributed by atoms with Gasteiger partial charge in [-0.2, -0.15) is 5.10 Å². The summed E-state index contributed by atoms with van der Waals surface area (Å²) in [7, 11) is -3.49. The molecule has 4 rings (SSSR count). The lowest BCUT2D eigenvalue weighted by Crippen LogP contribution is -2.37. The maximum Gasteiger partial charge on any atom is 0.340 e. The molecule has 11 nitrogen and oxygen atoms in total. The normalized spacial score (nSPS) is 16.7. The van der Waals surface area contributed by atoms with Crippen LogP contribution in [0.4, 0.5) is 5.69 Å². The van der Waals surface area contributed by atoms with E-state index in [-0.39, 0.29) is 23.7 Å². The Kier molecular flexibility index (Phi) is 5.57. The van der Waals surface area contributed by atoms with Crippen molar-refractivity contribution in [2.75, 3.05) is 24.2 Å². The van der Waals surface area contributed by atoms with Gasteiger partial charge in [-0.25, -0.2) is 22.9 Å². The van der Waals surface area contributed by atoms with Crippen LogP contribution in [-0.2, 0) is 24.3 Å². The van der Waals surface area contributed by atoms with Crippen LogP contribution in [0, 0.1) is 0 Å². The lowest BCUT2D eigenvalue weighted by molar-refractivity contribution is -0.143. The van der Waals surface area contributed by atoms with Crippen molar-refractivity contribution < 1.29 is 22.7 Å². The van der Waals surface area contributed by atoms with Crippen LogP contribution in [0.1, 0.15) is 0 Å². The summed E-state index contributed by atoms with van der Waals surface area (Å²) in [6.07, 6.45) is 7.04. The van der Waals surface area contributed by atoms with Gasteiger partial charge in [0.2, 0.25) is 0 Å². The maximum atomic E-state index is 12.3. The van der Waals surface area contributed by atoms with Crippen LogP contribution >= 0.6 is 11.6 Å². The molecule has 0 bridgehead atoms. The number of rotatable bonds is 5. The molecule has 3 heterocycles. The number of sulfonamides is 1. The summed E-state index contributed by atoms with van der Waals surface area (Å²) in [6.45, 7) is -0.370. The molecule has 2 aliphatic heterocycles. The smallest absolute Gasteiger partial charge is 0.340 e. The Labute approximate surface area is 181 Å². The third-order valence-corrected chi connectivity index (χ3v) is 5.69. The van der Waals surface area contributed by atoms with Crippen molar-refractivity contribution in [3.8, 4) is 5.69 Å². The molecule has 0 unspecified atom stereocenters. The van der Waals surface area contributed by atoms with Gasteiger partial charge in [0.15, 0.2) is 6.61 Å². The lowest BCUT2D eigenvalue weighted by Gasteiger charge is -2.26. The van der Waals surface area contributed by atoms with Crippen molar-refractivity contribution in [3.63, 3.8) is 0 Å². The van der Waals surface area contributed by atoms with Gasteiger partial charge in [-0.3, -0.25) is 4.79 Å². The van der Waals surface area contributed by atoms with E-state index in [2.05, 4.69) is 19.8 Å². The number of nitrogens with zero attached hydrogens (tertiary/aromatic N) is 5. The Hall–Kier alpha value is -3.51. The number of esters is 1. The van der Waals surface area contributed by atoms with Crippen molar-refractivity contribution >= 4 is 45.0 Å². The van der Waals surface area contributed by atoms with E-state index in [0.717, 1.165) is 0 Å². The summed E-state index contributed by atoms with van der Waals surface area (Å²) in [5.41, 5.74) is 1.06. The molecule has 0 spiro atoms. The van der Waals surface area contributed by atoms with Crippen LogP contribution in [0.2, 0.25) is 5.02 Å². The molecule has 0 fully saturated rings. The van der Waals surface area contributed by atoms with Gasteiger partial charge in [0.25, 0.3) is 15.9 Å². The molecule has 0 radical (unpaired) electrons. The number of hydrogen-bond donors (Lipinski definition) is 1. The van der Waals surface area contributed by atoms with Crippen molar-refractivity contribution in [1.29, 1.82) is 0 Å². The van der Waals surface area contributed by atoms with Crippen molar-refractivity contribution in [1.82, 2.24) is 19.7 Å². The highest BCUT2D eigenvalue weighted by atomic mass is 35.5. The Balaban J connectivity index is 1.39. The van der Waals surface area contributed by atoms with E-state index in [9.17, 15) is 18.0 Å². The average molecular weight is 463 g/mol. The van der Waals surface area contributed by atoms with Gasteiger partial charge < -0.3 is 15.0 Å². The molecular formula is C18H15ClN6O5S. The average Bonchev–Trinajstić information content (AvgIpc) is 3.26. The second-order valence-electron chi connectivity index (χ2n) is 6.47. The van der Waals surface area contributed by atoms with E-state index in [1.54, 1.807) is 12.1 Å². The molecule has 1 aromatic carbocycles. The number of ether oxygens (including phenoxy) is 1. The first-order valence-corrected chi connectivity index (χ1v) is 10.9. The van der Waals surface area contributed by atoms with Crippen LogP contribution in [0.15, 0.2) is 59.2 Å². The fraction of sp³-hybridized carbons (Fsp3) is 0.167. The first-order chi connectivity index (χ1) is 14.8. The molecule has 1 aromatic heterocycles. The number of carbonyl (C=O) groups excluding carboxylic acids is 2. The van der Waals surface area contributed by atoms with Gasteiger partial charge in [0.1, 0.15) is 18.5 Å². The second-order valence-corrected chi connectivity index (χ2v) is 8.66. The molecule has 13 heteroatoms. The van der Waals surface area contributed by atoms with E-state index < -0.39 is 28.5 Å². The number of anilines is 1. The highest BCUT2D eigenvalue weighted by Crippen LogP contribution is 2.24. The van der Waals surface area contributed by atoms with Gasteiger partial charge >= 0.3 is 5.97 Å². The van der Waals surface area contributed by atoms with Crippen LogP contribution in [0.5, 0.6) is 0 Å². The van der Waals surface area contributed by atoms with Crippen LogP contribution in [0.3, 0.4) is 0 Å². The predicted octanol–water partition coefficient (Wildman–Crippen LogP) is 0.900. The Morgan fingerprint density at radius 3 is 2.87 bits per heavy atom. The first kappa shape index (κ1) is 20.8. The SMILES string of the molecule is O=C(COC(=O)C1=CN2CCS(=O)(=O)N=C2C=C1)Nc1cc(Cl)ccc1-n1cncn1. The van der Waals surface area contributed by atoms with E-state index in [0.29, 0.717) is 16.4 Å². The zero-order valence-electron chi connectivity index (χ0n) is 15.8. The number of amides is 1. The minimum atomic E-state index is -3.49. The molecular weight excluding hydrogens is 448 g/mol. The minimum Gasteiger partial charge on any atom is -0.452 e. The second kappa shape index (κ2) is 8.32. The summed E-state index contributed by atoms with van der Waals surface area (Å²) in [5, 5.41) is 7.05. The van der Waals surface area contributed by atoms with Crippen LogP contribution in [0.25, 0.3) is 5.69 Å². The third kappa shape index (κ3) is 4.81. The standard InChI is InChI=1S/C18H15ClN6O5S/c19-13-2-3-15(25-11-20-10-21-25)14(7-13)22-17(26)9-30-18(27)12-1-4-16-23-31(28,29)6-5-24(16)8-12/h1-4,7-8,10-11H,5-6,9H2,(H,22,26). The molecule has 0 saturated heterocycles. The van der Waals surface area contributed by atoms with Crippen LogP contribution in [-0.4, -0.2) is 64.7 Å². The van der Waals surface area contributed by atoms with Crippen LogP contribution < -0.4 is 5.32 Å². The van der Waals surface area contributed by atoms with E-state index in [1.165, 1.54) is 46.7 Å². The number of nitrogens with one attached hydrogen (secondary N) is 1. The van der Waals surface area contributed by atoms with E-state index >= 15 is 0 Å². The molecule has 2 aromatic rings. The first-order valence-electron chi connectivity index (χ1n) is 8.91. The van der Waals surface area contributed by atoms with E-state index in [1.807, 2.05) is 0 Å². The van der Waals surface area contributed by atoms with Crippen molar-refractivity contribution in [2.45, 2.75) is 0 Å². The predicted molar refractivity (Wildman–Crippen MR) is 111 cm³/mol. The van der Waals surface area contributed by atoms with Gasteiger partial charge in [0, 0.05) is 17.8 Å². The number of fused-ring (bicyclic) bond motifs is 1. The maximum absolute atomic E-state index is 12.3. The Bertz CT molecular complexity index is 1240. The zero-order valence-corrected chi connectivity index (χ0v) is 17.4. The summed E-state index contributed by atoms with van der Waals surface area (Å²) >= 11 is 6.02. The summed E-state index contributed by atoms with van der Waals surface area (Å²) in [4.78, 5) is 30.0.